The maximum atomic E-state index is 12.6. The van der Waals surface area contributed by atoms with Crippen LogP contribution in [0.1, 0.15) is 29.6 Å². The van der Waals surface area contributed by atoms with E-state index in [0.29, 0.717) is 6.42 Å². The number of rotatable bonds is 5. The molecule has 1 heterocycles. The van der Waals surface area contributed by atoms with Crippen molar-refractivity contribution < 1.29 is 19.1 Å². The van der Waals surface area contributed by atoms with Gasteiger partial charge in [-0.05, 0) is 29.3 Å². The molecule has 0 saturated carbocycles. The van der Waals surface area contributed by atoms with Gasteiger partial charge in [0.25, 0.3) is 0 Å². The Bertz CT molecular complexity index is 799. The van der Waals surface area contributed by atoms with Crippen molar-refractivity contribution in [3.05, 3.63) is 78.0 Å². The van der Waals surface area contributed by atoms with Gasteiger partial charge in [0, 0.05) is 12.6 Å². The molecule has 0 saturated heterocycles. The first-order valence-corrected chi connectivity index (χ1v) is 8.39. The zero-order valence-electron chi connectivity index (χ0n) is 14.8. The van der Waals surface area contributed by atoms with Crippen LogP contribution in [-0.2, 0) is 14.3 Å². The molecular weight excluding hydrogens is 330 g/mol. The topological polar surface area (TPSA) is 55.8 Å². The zero-order chi connectivity index (χ0) is 18.5. The number of hydrogen-bond acceptors (Lipinski definition) is 5. The molecular formula is C21H21NO4. The van der Waals surface area contributed by atoms with E-state index in [1.165, 1.54) is 13.2 Å². The molecule has 0 N–H and O–H groups in total. The fraction of sp³-hybridized carbons (Fsp3) is 0.238. The first-order valence-electron chi connectivity index (χ1n) is 8.39. The number of benzene rings is 2. The van der Waals surface area contributed by atoms with Crippen molar-refractivity contribution >= 4 is 11.8 Å². The third kappa shape index (κ3) is 3.61. The van der Waals surface area contributed by atoms with E-state index in [9.17, 15) is 9.59 Å². The number of esters is 1. The molecule has 0 unspecified atom stereocenters. The second kappa shape index (κ2) is 7.87. The Kier molecular flexibility index (Phi) is 5.37. The average Bonchev–Trinajstić information content (AvgIpc) is 2.70. The van der Waals surface area contributed by atoms with Crippen LogP contribution in [0.2, 0.25) is 0 Å². The summed E-state index contributed by atoms with van der Waals surface area (Å²) < 4.78 is 10.3. The van der Waals surface area contributed by atoms with E-state index in [-0.39, 0.29) is 17.8 Å². The molecule has 0 spiro atoms. The fourth-order valence-corrected chi connectivity index (χ4v) is 3.20. The van der Waals surface area contributed by atoms with Crippen molar-refractivity contribution in [2.45, 2.75) is 18.5 Å². The van der Waals surface area contributed by atoms with Crippen LogP contribution < -0.4 is 4.74 Å². The number of allylic oxidation sites excluding steroid dienone is 1. The summed E-state index contributed by atoms with van der Waals surface area (Å²) in [5.74, 6) is 0.401. The highest BCUT2D eigenvalue weighted by molar-refractivity contribution is 5.91. The standard InChI is InChI=1S/C21H21NO4/c1-25-18-10-8-15(9-11-18)19-14-17(23)12-13-22(19)20(21(24)26-2)16-6-4-3-5-7-16/h3-13,19-20H,14H2,1-2H3/t19-,20+/m1/s1. The minimum absolute atomic E-state index is 0.0266. The van der Waals surface area contributed by atoms with Gasteiger partial charge in [0.1, 0.15) is 5.75 Å². The zero-order valence-corrected chi connectivity index (χ0v) is 14.8. The van der Waals surface area contributed by atoms with Gasteiger partial charge in [-0.25, -0.2) is 4.79 Å². The Hall–Kier alpha value is -3.08. The lowest BCUT2D eigenvalue weighted by atomic mass is 9.93. The van der Waals surface area contributed by atoms with E-state index < -0.39 is 6.04 Å². The molecule has 0 radical (unpaired) electrons. The smallest absolute Gasteiger partial charge is 0.333 e. The largest absolute Gasteiger partial charge is 0.497 e. The third-order valence-corrected chi connectivity index (χ3v) is 4.53. The molecule has 0 aromatic heterocycles. The number of methoxy groups -OCH3 is 2. The molecule has 5 nitrogen and oxygen atoms in total. The summed E-state index contributed by atoms with van der Waals surface area (Å²) in [6.07, 6.45) is 3.50. The van der Waals surface area contributed by atoms with E-state index in [1.807, 2.05) is 59.5 Å². The van der Waals surface area contributed by atoms with Crippen LogP contribution in [0.25, 0.3) is 0 Å². The molecule has 1 aliphatic rings. The predicted molar refractivity (Wildman–Crippen MR) is 97.5 cm³/mol. The fourth-order valence-electron chi connectivity index (χ4n) is 3.20. The minimum Gasteiger partial charge on any atom is -0.497 e. The van der Waals surface area contributed by atoms with E-state index >= 15 is 0 Å². The van der Waals surface area contributed by atoms with Gasteiger partial charge in [-0.3, -0.25) is 4.79 Å². The predicted octanol–water partition coefficient (Wildman–Crippen LogP) is 3.44. The Morgan fingerprint density at radius 2 is 1.77 bits per heavy atom. The van der Waals surface area contributed by atoms with Crippen LogP contribution in [0.5, 0.6) is 5.75 Å². The molecule has 2 aromatic rings. The number of hydrogen-bond donors (Lipinski definition) is 0. The van der Waals surface area contributed by atoms with Crippen LogP contribution in [0.15, 0.2) is 66.9 Å². The van der Waals surface area contributed by atoms with Gasteiger partial charge in [0.2, 0.25) is 0 Å². The van der Waals surface area contributed by atoms with Crippen molar-refractivity contribution in [2.24, 2.45) is 0 Å². The van der Waals surface area contributed by atoms with E-state index in [2.05, 4.69) is 0 Å². The summed E-state index contributed by atoms with van der Waals surface area (Å²) in [5.41, 5.74) is 1.75. The van der Waals surface area contributed by atoms with Crippen molar-refractivity contribution in [1.29, 1.82) is 0 Å². The van der Waals surface area contributed by atoms with Gasteiger partial charge in [-0.1, -0.05) is 42.5 Å². The number of nitrogens with zero attached hydrogens (tertiary/aromatic N) is 1. The molecule has 134 valence electrons. The van der Waals surface area contributed by atoms with Crippen molar-refractivity contribution in [3.63, 3.8) is 0 Å². The molecule has 0 aliphatic carbocycles. The Morgan fingerprint density at radius 1 is 1.08 bits per heavy atom. The monoisotopic (exact) mass is 351 g/mol. The highest BCUT2D eigenvalue weighted by Crippen LogP contribution is 2.37. The number of ketones is 1. The molecule has 0 amide bonds. The minimum atomic E-state index is -0.627. The van der Waals surface area contributed by atoms with Crippen molar-refractivity contribution in [1.82, 2.24) is 4.90 Å². The second-order valence-corrected chi connectivity index (χ2v) is 6.06. The van der Waals surface area contributed by atoms with Crippen LogP contribution in [0, 0.1) is 0 Å². The molecule has 2 aromatic carbocycles. The molecule has 26 heavy (non-hydrogen) atoms. The van der Waals surface area contributed by atoms with Gasteiger partial charge < -0.3 is 14.4 Å². The Labute approximate surface area is 152 Å². The molecule has 5 heteroatoms. The van der Waals surface area contributed by atoms with Gasteiger partial charge in [0.15, 0.2) is 11.8 Å². The van der Waals surface area contributed by atoms with Crippen LogP contribution in [0.4, 0.5) is 0 Å². The molecule has 1 aliphatic heterocycles. The highest BCUT2D eigenvalue weighted by Gasteiger charge is 2.35. The summed E-state index contributed by atoms with van der Waals surface area (Å²) in [7, 11) is 2.98. The summed E-state index contributed by atoms with van der Waals surface area (Å²) >= 11 is 0. The Morgan fingerprint density at radius 3 is 2.38 bits per heavy atom. The second-order valence-electron chi connectivity index (χ2n) is 6.06. The van der Waals surface area contributed by atoms with Crippen LogP contribution in [0.3, 0.4) is 0 Å². The van der Waals surface area contributed by atoms with Crippen LogP contribution >= 0.6 is 0 Å². The van der Waals surface area contributed by atoms with E-state index in [4.69, 9.17) is 9.47 Å². The molecule has 2 atom stereocenters. The highest BCUT2D eigenvalue weighted by atomic mass is 16.5. The van der Waals surface area contributed by atoms with E-state index in [0.717, 1.165) is 16.9 Å². The van der Waals surface area contributed by atoms with Gasteiger partial charge >= 0.3 is 5.97 Å². The summed E-state index contributed by atoms with van der Waals surface area (Å²) in [6, 6.07) is 16.1. The maximum absolute atomic E-state index is 12.6. The number of carbonyl (C=O) groups is 2. The van der Waals surface area contributed by atoms with Crippen molar-refractivity contribution in [2.75, 3.05) is 14.2 Å². The number of carbonyl (C=O) groups excluding carboxylic acids is 2. The maximum Gasteiger partial charge on any atom is 0.333 e. The quantitative estimate of drug-likeness (QED) is 0.773. The lowest BCUT2D eigenvalue weighted by Crippen LogP contribution is -2.37. The lowest BCUT2D eigenvalue weighted by Gasteiger charge is -2.38. The van der Waals surface area contributed by atoms with Gasteiger partial charge in [0.05, 0.1) is 20.3 Å². The van der Waals surface area contributed by atoms with E-state index in [1.54, 1.807) is 13.3 Å². The average molecular weight is 351 g/mol. The first-order chi connectivity index (χ1) is 12.6. The normalized spacial score (nSPS) is 17.7. The number of ether oxygens (including phenoxy) is 2. The molecule has 3 rings (SSSR count). The Balaban J connectivity index is 2.02. The summed E-state index contributed by atoms with van der Waals surface area (Å²) in [5, 5.41) is 0. The summed E-state index contributed by atoms with van der Waals surface area (Å²) in [4.78, 5) is 26.5. The molecule has 0 fully saturated rings. The SMILES string of the molecule is COC(=O)[C@H](c1ccccc1)N1C=CC(=O)C[C@@H]1c1ccc(OC)cc1. The van der Waals surface area contributed by atoms with Crippen molar-refractivity contribution in [3.8, 4) is 5.75 Å². The van der Waals surface area contributed by atoms with Gasteiger partial charge in [-0.15, -0.1) is 0 Å². The lowest BCUT2D eigenvalue weighted by molar-refractivity contribution is -0.147. The first kappa shape index (κ1) is 17.7. The van der Waals surface area contributed by atoms with Gasteiger partial charge in [-0.2, -0.15) is 0 Å². The van der Waals surface area contributed by atoms with Crippen LogP contribution in [-0.4, -0.2) is 30.9 Å². The third-order valence-electron chi connectivity index (χ3n) is 4.53. The summed E-state index contributed by atoms with van der Waals surface area (Å²) in [6.45, 7) is 0. The molecule has 0 bridgehead atoms.